The standard InChI is InChI=1S/C9H9BrF2OS/c10-8-2-1-6(14-8)5-3-7(13)9(11,12)4-5/h1-2,5,7,13H,3-4H2. The van der Waals surface area contributed by atoms with Gasteiger partial charge in [0.1, 0.15) is 6.10 Å². The van der Waals surface area contributed by atoms with Gasteiger partial charge in [0.25, 0.3) is 5.92 Å². The Morgan fingerprint density at radius 2 is 2.21 bits per heavy atom. The van der Waals surface area contributed by atoms with E-state index in [0.717, 1.165) is 8.66 Å². The number of halogens is 3. The number of aliphatic hydroxyl groups is 1. The minimum absolute atomic E-state index is 0.167. The van der Waals surface area contributed by atoms with Gasteiger partial charge in [-0.2, -0.15) is 0 Å². The third-order valence-electron chi connectivity index (χ3n) is 2.51. The van der Waals surface area contributed by atoms with Gasteiger partial charge in [-0.15, -0.1) is 11.3 Å². The summed E-state index contributed by atoms with van der Waals surface area (Å²) in [7, 11) is 0. The van der Waals surface area contributed by atoms with Crippen LogP contribution < -0.4 is 0 Å². The lowest BCUT2D eigenvalue weighted by atomic mass is 10.1. The number of hydrogen-bond donors (Lipinski definition) is 1. The first-order valence-electron chi connectivity index (χ1n) is 4.30. The van der Waals surface area contributed by atoms with E-state index in [0.29, 0.717) is 0 Å². The zero-order chi connectivity index (χ0) is 10.3. The smallest absolute Gasteiger partial charge is 0.274 e. The minimum Gasteiger partial charge on any atom is -0.387 e. The van der Waals surface area contributed by atoms with Crippen molar-refractivity contribution in [1.82, 2.24) is 0 Å². The van der Waals surface area contributed by atoms with Gasteiger partial charge in [0, 0.05) is 17.2 Å². The van der Waals surface area contributed by atoms with Gasteiger partial charge in [0.05, 0.1) is 3.79 Å². The van der Waals surface area contributed by atoms with E-state index in [9.17, 15) is 8.78 Å². The molecule has 78 valence electrons. The molecule has 0 saturated heterocycles. The Kier molecular flexibility index (Phi) is 2.66. The van der Waals surface area contributed by atoms with Crippen LogP contribution in [0.2, 0.25) is 0 Å². The molecule has 1 N–H and O–H groups in total. The molecule has 1 fully saturated rings. The van der Waals surface area contributed by atoms with E-state index >= 15 is 0 Å². The van der Waals surface area contributed by atoms with Gasteiger partial charge in [-0.05, 0) is 34.5 Å². The third kappa shape index (κ3) is 1.85. The number of hydrogen-bond acceptors (Lipinski definition) is 2. The van der Waals surface area contributed by atoms with Gasteiger partial charge in [-0.1, -0.05) is 0 Å². The van der Waals surface area contributed by atoms with Crippen LogP contribution in [0, 0.1) is 0 Å². The van der Waals surface area contributed by atoms with Crippen molar-refractivity contribution < 1.29 is 13.9 Å². The number of alkyl halides is 2. The summed E-state index contributed by atoms with van der Waals surface area (Å²) in [6, 6.07) is 3.69. The van der Waals surface area contributed by atoms with Crippen molar-refractivity contribution in [1.29, 1.82) is 0 Å². The Hall–Kier alpha value is -0.0000000000000000833. The maximum absolute atomic E-state index is 13.0. The van der Waals surface area contributed by atoms with Crippen LogP contribution in [0.1, 0.15) is 23.6 Å². The summed E-state index contributed by atoms with van der Waals surface area (Å²) in [5.74, 6) is -3.11. The first kappa shape index (κ1) is 10.5. The topological polar surface area (TPSA) is 20.2 Å². The lowest BCUT2D eigenvalue weighted by Gasteiger charge is -2.11. The largest absolute Gasteiger partial charge is 0.387 e. The molecular formula is C9H9BrF2OS. The van der Waals surface area contributed by atoms with Crippen molar-refractivity contribution in [3.63, 3.8) is 0 Å². The molecule has 0 radical (unpaired) electrons. The van der Waals surface area contributed by atoms with Crippen molar-refractivity contribution in [2.45, 2.75) is 30.8 Å². The predicted molar refractivity (Wildman–Crippen MR) is 54.9 cm³/mol. The highest BCUT2D eigenvalue weighted by atomic mass is 79.9. The van der Waals surface area contributed by atoms with Gasteiger partial charge in [-0.25, -0.2) is 8.78 Å². The van der Waals surface area contributed by atoms with Crippen molar-refractivity contribution >= 4 is 27.3 Å². The Bertz CT molecular complexity index is 339. The molecule has 2 rings (SSSR count). The highest BCUT2D eigenvalue weighted by Gasteiger charge is 2.48. The van der Waals surface area contributed by atoms with Crippen LogP contribution in [0.4, 0.5) is 8.78 Å². The molecule has 2 atom stereocenters. The van der Waals surface area contributed by atoms with Crippen molar-refractivity contribution in [2.75, 3.05) is 0 Å². The Balaban J connectivity index is 2.16. The third-order valence-corrected chi connectivity index (χ3v) is 4.30. The van der Waals surface area contributed by atoms with E-state index in [1.807, 2.05) is 12.1 Å². The van der Waals surface area contributed by atoms with Crippen molar-refractivity contribution in [3.8, 4) is 0 Å². The van der Waals surface area contributed by atoms with Crippen molar-refractivity contribution in [2.24, 2.45) is 0 Å². The fraction of sp³-hybridized carbons (Fsp3) is 0.556. The number of aliphatic hydroxyl groups excluding tert-OH is 1. The molecule has 1 nitrogen and oxygen atoms in total. The van der Waals surface area contributed by atoms with Crippen LogP contribution in [0.25, 0.3) is 0 Å². The molecule has 5 heteroatoms. The van der Waals surface area contributed by atoms with Crippen LogP contribution in [-0.2, 0) is 0 Å². The Labute approximate surface area is 92.9 Å². The van der Waals surface area contributed by atoms with E-state index in [1.54, 1.807) is 0 Å². The number of rotatable bonds is 1. The zero-order valence-electron chi connectivity index (χ0n) is 7.21. The molecule has 0 spiro atoms. The zero-order valence-corrected chi connectivity index (χ0v) is 9.62. The monoisotopic (exact) mass is 282 g/mol. The lowest BCUT2D eigenvalue weighted by Crippen LogP contribution is -2.26. The fourth-order valence-electron chi connectivity index (χ4n) is 1.75. The Morgan fingerprint density at radius 3 is 2.64 bits per heavy atom. The molecule has 1 aliphatic rings. The molecule has 1 aromatic heterocycles. The first-order valence-corrected chi connectivity index (χ1v) is 5.91. The first-order chi connectivity index (χ1) is 6.49. The lowest BCUT2D eigenvalue weighted by molar-refractivity contribution is -0.0854. The number of thiophene rings is 1. The van der Waals surface area contributed by atoms with Gasteiger partial charge < -0.3 is 5.11 Å². The van der Waals surface area contributed by atoms with Crippen LogP contribution in [0.15, 0.2) is 15.9 Å². The highest BCUT2D eigenvalue weighted by molar-refractivity contribution is 9.11. The molecule has 2 unspecified atom stereocenters. The second-order valence-electron chi connectivity index (χ2n) is 3.56. The second-order valence-corrected chi connectivity index (χ2v) is 6.05. The van der Waals surface area contributed by atoms with Gasteiger partial charge in [-0.3, -0.25) is 0 Å². The highest BCUT2D eigenvalue weighted by Crippen LogP contribution is 2.46. The van der Waals surface area contributed by atoms with E-state index in [2.05, 4.69) is 15.9 Å². The predicted octanol–water partition coefficient (Wildman–Crippen LogP) is 3.38. The summed E-state index contributed by atoms with van der Waals surface area (Å²) < 4.78 is 27.0. The molecule has 1 saturated carbocycles. The fourth-order valence-corrected chi connectivity index (χ4v) is 3.29. The molecule has 0 amide bonds. The molecule has 0 aliphatic heterocycles. The van der Waals surface area contributed by atoms with Gasteiger partial charge in [0.15, 0.2) is 0 Å². The summed E-state index contributed by atoms with van der Waals surface area (Å²) in [4.78, 5) is 0.924. The van der Waals surface area contributed by atoms with E-state index < -0.39 is 12.0 Å². The molecule has 0 aromatic carbocycles. The average molecular weight is 283 g/mol. The molecule has 0 bridgehead atoms. The maximum atomic E-state index is 13.0. The van der Waals surface area contributed by atoms with Crippen LogP contribution in [0.5, 0.6) is 0 Å². The normalized spacial score (nSPS) is 30.9. The molecule has 14 heavy (non-hydrogen) atoms. The van der Waals surface area contributed by atoms with Crippen molar-refractivity contribution in [3.05, 3.63) is 20.8 Å². The van der Waals surface area contributed by atoms with E-state index in [-0.39, 0.29) is 18.8 Å². The minimum atomic E-state index is -2.92. The summed E-state index contributed by atoms with van der Waals surface area (Å²) >= 11 is 4.75. The van der Waals surface area contributed by atoms with Gasteiger partial charge in [0.2, 0.25) is 0 Å². The summed E-state index contributed by atoms with van der Waals surface area (Å²) in [6.07, 6.45) is -1.55. The molecule has 1 heterocycles. The van der Waals surface area contributed by atoms with Crippen LogP contribution in [-0.4, -0.2) is 17.1 Å². The quantitative estimate of drug-likeness (QED) is 0.837. The maximum Gasteiger partial charge on any atom is 0.274 e. The average Bonchev–Trinajstić information content (AvgIpc) is 2.58. The van der Waals surface area contributed by atoms with Crippen LogP contribution >= 0.6 is 27.3 Å². The van der Waals surface area contributed by atoms with Gasteiger partial charge >= 0.3 is 0 Å². The van der Waals surface area contributed by atoms with E-state index in [1.165, 1.54) is 11.3 Å². The molecule has 1 aromatic rings. The summed E-state index contributed by atoms with van der Waals surface area (Å²) in [6.45, 7) is 0. The summed E-state index contributed by atoms with van der Waals surface area (Å²) in [5.41, 5.74) is 0. The van der Waals surface area contributed by atoms with Crippen LogP contribution in [0.3, 0.4) is 0 Å². The molecular weight excluding hydrogens is 274 g/mol. The Morgan fingerprint density at radius 1 is 1.50 bits per heavy atom. The van der Waals surface area contributed by atoms with E-state index in [4.69, 9.17) is 5.11 Å². The second kappa shape index (κ2) is 3.54. The summed E-state index contributed by atoms with van der Waals surface area (Å²) in [5, 5.41) is 9.14. The SMILES string of the molecule is OC1CC(c2ccc(Br)s2)CC1(F)F. The molecule has 1 aliphatic carbocycles.